The zero-order valence-electron chi connectivity index (χ0n) is 10.8. The second kappa shape index (κ2) is 5.28. The lowest BCUT2D eigenvalue weighted by Gasteiger charge is -2.38. The summed E-state index contributed by atoms with van der Waals surface area (Å²) < 4.78 is 0. The van der Waals surface area contributed by atoms with Crippen molar-refractivity contribution in [3.63, 3.8) is 0 Å². The Morgan fingerprint density at radius 3 is 2.76 bits per heavy atom. The Bertz CT molecular complexity index is 392. The van der Waals surface area contributed by atoms with Crippen molar-refractivity contribution in [2.24, 2.45) is 5.92 Å². The Hall–Kier alpha value is -0.730. The molecule has 2 unspecified atom stereocenters. The summed E-state index contributed by atoms with van der Waals surface area (Å²) in [5.74, 6) is 0.658. The van der Waals surface area contributed by atoms with Gasteiger partial charge in [0.1, 0.15) is 0 Å². The van der Waals surface area contributed by atoms with E-state index < -0.39 is 0 Å². The molecular weight excluding hydrogens is 232 g/mol. The Morgan fingerprint density at radius 2 is 2.18 bits per heavy atom. The monoisotopic (exact) mass is 252 g/mol. The normalized spacial score (nSPS) is 25.1. The number of hydrogen-bond acceptors (Lipinski definition) is 2. The summed E-state index contributed by atoms with van der Waals surface area (Å²) in [5.41, 5.74) is 2.40. The number of nitrogens with zero attached hydrogens (tertiary/aromatic N) is 1. The molecule has 17 heavy (non-hydrogen) atoms. The van der Waals surface area contributed by atoms with E-state index >= 15 is 0 Å². The van der Waals surface area contributed by atoms with Crippen molar-refractivity contribution in [3.8, 4) is 0 Å². The molecule has 1 aromatic rings. The summed E-state index contributed by atoms with van der Waals surface area (Å²) in [5, 5.41) is 4.26. The highest BCUT2D eigenvalue weighted by atomic mass is 35.5. The van der Waals surface area contributed by atoms with Gasteiger partial charge in [0.2, 0.25) is 0 Å². The lowest BCUT2D eigenvalue weighted by atomic mass is 9.93. The van der Waals surface area contributed by atoms with Crippen LogP contribution in [-0.4, -0.2) is 26.2 Å². The summed E-state index contributed by atoms with van der Waals surface area (Å²) in [7, 11) is 2.05. The molecule has 0 amide bonds. The fourth-order valence-corrected chi connectivity index (χ4v) is 3.02. The molecule has 2 atom stereocenters. The third-order valence-corrected chi connectivity index (χ3v) is 4.02. The van der Waals surface area contributed by atoms with Crippen molar-refractivity contribution in [2.75, 3.05) is 25.0 Å². The maximum absolute atomic E-state index is 6.32. The van der Waals surface area contributed by atoms with Gasteiger partial charge in [0.15, 0.2) is 0 Å². The Balaban J connectivity index is 2.14. The first-order chi connectivity index (χ1) is 8.11. The smallest absolute Gasteiger partial charge is 0.0642 e. The first-order valence-corrected chi connectivity index (χ1v) is 6.68. The van der Waals surface area contributed by atoms with Gasteiger partial charge in [0, 0.05) is 19.1 Å². The van der Waals surface area contributed by atoms with Gasteiger partial charge >= 0.3 is 0 Å². The maximum Gasteiger partial charge on any atom is 0.0642 e. The van der Waals surface area contributed by atoms with Gasteiger partial charge in [-0.2, -0.15) is 0 Å². The minimum atomic E-state index is 0.635. The second-order valence-electron chi connectivity index (χ2n) is 5.06. The van der Waals surface area contributed by atoms with E-state index in [1.165, 1.54) is 17.7 Å². The van der Waals surface area contributed by atoms with Gasteiger partial charge in [-0.25, -0.2) is 0 Å². The van der Waals surface area contributed by atoms with E-state index in [4.69, 9.17) is 11.6 Å². The topological polar surface area (TPSA) is 15.3 Å². The van der Waals surface area contributed by atoms with Gasteiger partial charge in [-0.3, -0.25) is 0 Å². The number of rotatable bonds is 2. The van der Waals surface area contributed by atoms with Crippen LogP contribution in [0.4, 0.5) is 5.69 Å². The number of anilines is 1. The number of aryl methyl sites for hydroxylation is 1. The summed E-state index contributed by atoms with van der Waals surface area (Å²) in [6.45, 7) is 6.54. The highest BCUT2D eigenvalue weighted by Crippen LogP contribution is 2.30. The molecule has 2 rings (SSSR count). The van der Waals surface area contributed by atoms with E-state index in [0.717, 1.165) is 18.1 Å². The quantitative estimate of drug-likeness (QED) is 0.870. The van der Waals surface area contributed by atoms with Crippen molar-refractivity contribution in [1.29, 1.82) is 0 Å². The van der Waals surface area contributed by atoms with Crippen molar-refractivity contribution in [2.45, 2.75) is 26.3 Å². The summed E-state index contributed by atoms with van der Waals surface area (Å²) >= 11 is 6.32. The van der Waals surface area contributed by atoms with Gasteiger partial charge in [0.25, 0.3) is 0 Å². The van der Waals surface area contributed by atoms with Gasteiger partial charge in [-0.15, -0.1) is 0 Å². The molecule has 0 radical (unpaired) electrons. The number of piperidine rings is 1. The molecule has 0 bridgehead atoms. The standard InChI is InChI=1S/C14H21ClN2/c1-10-4-5-14(12(15)8-10)17-7-6-13(16-3)11(2)9-17/h4-5,8,11,13,16H,6-7,9H2,1-3H3. The molecule has 0 spiro atoms. The lowest BCUT2D eigenvalue weighted by molar-refractivity contribution is 0.339. The third kappa shape index (κ3) is 2.75. The zero-order valence-corrected chi connectivity index (χ0v) is 11.6. The number of hydrogen-bond donors (Lipinski definition) is 1. The predicted octanol–water partition coefficient (Wildman–Crippen LogP) is 3.08. The van der Waals surface area contributed by atoms with Crippen LogP contribution in [0.5, 0.6) is 0 Å². The zero-order chi connectivity index (χ0) is 12.4. The molecular formula is C14H21ClN2. The Morgan fingerprint density at radius 1 is 1.41 bits per heavy atom. The van der Waals surface area contributed by atoms with E-state index in [-0.39, 0.29) is 0 Å². The van der Waals surface area contributed by atoms with Crippen molar-refractivity contribution in [3.05, 3.63) is 28.8 Å². The molecule has 94 valence electrons. The SMILES string of the molecule is CNC1CCN(c2ccc(C)cc2Cl)CC1C. The Kier molecular flexibility index (Phi) is 3.95. The molecule has 1 saturated heterocycles. The molecule has 1 aliphatic rings. The minimum absolute atomic E-state index is 0.635. The lowest BCUT2D eigenvalue weighted by Crippen LogP contribution is -2.47. The van der Waals surface area contributed by atoms with E-state index in [1.54, 1.807) is 0 Å². The van der Waals surface area contributed by atoms with Gasteiger partial charge < -0.3 is 10.2 Å². The van der Waals surface area contributed by atoms with E-state index in [0.29, 0.717) is 12.0 Å². The molecule has 0 aliphatic carbocycles. The average molecular weight is 253 g/mol. The third-order valence-electron chi connectivity index (χ3n) is 3.72. The summed E-state index contributed by atoms with van der Waals surface area (Å²) in [4.78, 5) is 2.40. The van der Waals surface area contributed by atoms with Gasteiger partial charge in [-0.1, -0.05) is 24.6 Å². The molecule has 3 heteroatoms. The highest BCUT2D eigenvalue weighted by molar-refractivity contribution is 6.33. The molecule has 1 aromatic carbocycles. The van der Waals surface area contributed by atoms with E-state index in [1.807, 2.05) is 6.07 Å². The van der Waals surface area contributed by atoms with Crippen LogP contribution >= 0.6 is 11.6 Å². The Labute approximate surface area is 109 Å². The van der Waals surface area contributed by atoms with Crippen LogP contribution in [-0.2, 0) is 0 Å². The fourth-order valence-electron chi connectivity index (χ4n) is 2.66. The molecule has 0 aromatic heterocycles. The summed E-state index contributed by atoms with van der Waals surface area (Å²) in [6.07, 6.45) is 1.18. The van der Waals surface area contributed by atoms with Crippen molar-refractivity contribution in [1.82, 2.24) is 5.32 Å². The second-order valence-corrected chi connectivity index (χ2v) is 5.47. The molecule has 2 nitrogen and oxygen atoms in total. The van der Waals surface area contributed by atoms with E-state index in [9.17, 15) is 0 Å². The highest BCUT2D eigenvalue weighted by Gasteiger charge is 2.25. The van der Waals surface area contributed by atoms with Crippen LogP contribution in [0.3, 0.4) is 0 Å². The molecule has 1 heterocycles. The first kappa shape index (κ1) is 12.7. The van der Waals surface area contributed by atoms with Crippen LogP contribution in [0, 0.1) is 12.8 Å². The van der Waals surface area contributed by atoms with Crippen LogP contribution in [0.15, 0.2) is 18.2 Å². The van der Waals surface area contributed by atoms with Crippen LogP contribution in [0.1, 0.15) is 18.9 Å². The summed E-state index contributed by atoms with van der Waals surface area (Å²) in [6, 6.07) is 6.96. The van der Waals surface area contributed by atoms with Crippen LogP contribution in [0.25, 0.3) is 0 Å². The first-order valence-electron chi connectivity index (χ1n) is 6.30. The molecule has 0 saturated carbocycles. The average Bonchev–Trinajstić information content (AvgIpc) is 2.29. The van der Waals surface area contributed by atoms with E-state index in [2.05, 4.69) is 43.2 Å². The molecule has 1 fully saturated rings. The predicted molar refractivity (Wildman–Crippen MR) is 75.0 cm³/mol. The number of benzene rings is 1. The van der Waals surface area contributed by atoms with Crippen LogP contribution < -0.4 is 10.2 Å². The fraction of sp³-hybridized carbons (Fsp3) is 0.571. The minimum Gasteiger partial charge on any atom is -0.370 e. The molecule has 1 N–H and O–H groups in total. The largest absolute Gasteiger partial charge is 0.370 e. The van der Waals surface area contributed by atoms with Gasteiger partial charge in [-0.05, 0) is 44.0 Å². The van der Waals surface area contributed by atoms with Gasteiger partial charge in [0.05, 0.1) is 10.7 Å². The number of nitrogens with one attached hydrogen (secondary N) is 1. The number of halogens is 1. The van der Waals surface area contributed by atoms with Crippen LogP contribution in [0.2, 0.25) is 5.02 Å². The molecule has 1 aliphatic heterocycles. The van der Waals surface area contributed by atoms with Crippen molar-refractivity contribution < 1.29 is 0 Å². The van der Waals surface area contributed by atoms with Crippen molar-refractivity contribution >= 4 is 17.3 Å². The maximum atomic E-state index is 6.32.